The Morgan fingerprint density at radius 2 is 1.66 bits per heavy atom. The number of nitrogens with zero attached hydrogens (tertiary/aromatic N) is 3. The molecule has 2 aromatic carbocycles. The van der Waals surface area contributed by atoms with Crippen LogP contribution in [0, 0.1) is 6.92 Å². The predicted molar refractivity (Wildman–Crippen MR) is 122 cm³/mol. The quantitative estimate of drug-likeness (QED) is 0.680. The molecule has 4 nitrogen and oxygen atoms in total. The van der Waals surface area contributed by atoms with Crippen molar-refractivity contribution in [2.75, 3.05) is 26.2 Å². The Hall–Kier alpha value is -1.88. The van der Waals surface area contributed by atoms with Crippen LogP contribution in [0.15, 0.2) is 48.5 Å². The van der Waals surface area contributed by atoms with Gasteiger partial charge in [0, 0.05) is 37.6 Å². The van der Waals surface area contributed by atoms with Crippen molar-refractivity contribution >= 4 is 23.3 Å². The van der Waals surface area contributed by atoms with Crippen molar-refractivity contribution in [2.45, 2.75) is 44.6 Å². The van der Waals surface area contributed by atoms with Crippen molar-refractivity contribution in [3.8, 4) is 5.69 Å². The minimum Gasteiger partial charge on any atom is -0.314 e. The standard InChI is InChI=1S/C24H30N4.ClH/c1-18-23-12-9-20(17-24(23)28(26-18)22-5-3-2-4-6-22)19-7-10-21(11-8-19)27-15-13-25-14-16-27;/h2-6,9,12,17,19,21,25H,7-8,10-11,13-16H2,1H3;1H. The third-order valence-corrected chi connectivity index (χ3v) is 6.73. The molecule has 1 aliphatic heterocycles. The lowest BCUT2D eigenvalue weighted by molar-refractivity contribution is 0.133. The van der Waals surface area contributed by atoms with Gasteiger partial charge in [-0.2, -0.15) is 5.10 Å². The summed E-state index contributed by atoms with van der Waals surface area (Å²) < 4.78 is 2.11. The van der Waals surface area contributed by atoms with Gasteiger partial charge in [-0.05, 0) is 62.3 Å². The molecule has 154 valence electrons. The van der Waals surface area contributed by atoms with Gasteiger partial charge >= 0.3 is 0 Å². The largest absolute Gasteiger partial charge is 0.314 e. The van der Waals surface area contributed by atoms with Gasteiger partial charge in [-0.15, -0.1) is 12.4 Å². The molecule has 5 rings (SSSR count). The van der Waals surface area contributed by atoms with Crippen molar-refractivity contribution in [3.63, 3.8) is 0 Å². The Balaban J connectivity index is 0.00000205. The molecule has 0 unspecified atom stereocenters. The Morgan fingerprint density at radius 3 is 2.38 bits per heavy atom. The first-order chi connectivity index (χ1) is 13.8. The lowest BCUT2D eigenvalue weighted by Gasteiger charge is -2.39. The minimum atomic E-state index is 0. The van der Waals surface area contributed by atoms with Gasteiger partial charge in [0.05, 0.1) is 16.9 Å². The van der Waals surface area contributed by atoms with Crippen LogP contribution in [0.4, 0.5) is 0 Å². The summed E-state index contributed by atoms with van der Waals surface area (Å²) >= 11 is 0. The highest BCUT2D eigenvalue weighted by atomic mass is 35.5. The molecule has 2 heterocycles. The summed E-state index contributed by atoms with van der Waals surface area (Å²) in [6.07, 6.45) is 5.27. The number of halogens is 1. The molecule has 0 radical (unpaired) electrons. The maximum atomic E-state index is 4.82. The zero-order valence-electron chi connectivity index (χ0n) is 17.2. The van der Waals surface area contributed by atoms with Crippen LogP contribution in [-0.2, 0) is 0 Å². The van der Waals surface area contributed by atoms with Gasteiger partial charge in [-0.25, -0.2) is 4.68 Å². The topological polar surface area (TPSA) is 33.1 Å². The Labute approximate surface area is 179 Å². The van der Waals surface area contributed by atoms with Crippen molar-refractivity contribution < 1.29 is 0 Å². The summed E-state index contributed by atoms with van der Waals surface area (Å²) in [6, 6.07) is 18.3. The number of benzene rings is 2. The molecule has 1 saturated heterocycles. The summed E-state index contributed by atoms with van der Waals surface area (Å²) in [5.41, 5.74) is 4.97. The molecule has 29 heavy (non-hydrogen) atoms. The predicted octanol–water partition coefficient (Wildman–Crippen LogP) is 4.69. The number of nitrogens with one attached hydrogen (secondary N) is 1. The van der Waals surface area contributed by atoms with Gasteiger partial charge in [0.1, 0.15) is 0 Å². The maximum absolute atomic E-state index is 4.82. The first kappa shape index (κ1) is 20.4. The second-order valence-corrected chi connectivity index (χ2v) is 8.40. The second-order valence-electron chi connectivity index (χ2n) is 8.40. The number of aryl methyl sites for hydroxylation is 1. The fourth-order valence-electron chi connectivity index (χ4n) is 5.13. The lowest BCUT2D eigenvalue weighted by Crippen LogP contribution is -2.49. The number of hydrogen-bond donors (Lipinski definition) is 1. The molecular formula is C24H31ClN4. The van der Waals surface area contributed by atoms with Gasteiger partial charge < -0.3 is 5.32 Å². The molecule has 1 saturated carbocycles. The van der Waals surface area contributed by atoms with Crippen LogP contribution in [0.2, 0.25) is 0 Å². The Bertz CT molecular complexity index is 938. The number of hydrogen-bond acceptors (Lipinski definition) is 3. The number of aromatic nitrogens is 2. The normalized spacial score (nSPS) is 23.1. The molecule has 2 fully saturated rings. The van der Waals surface area contributed by atoms with Crippen LogP contribution in [0.1, 0.15) is 42.9 Å². The third-order valence-electron chi connectivity index (χ3n) is 6.73. The van der Waals surface area contributed by atoms with E-state index in [-0.39, 0.29) is 12.4 Å². The lowest BCUT2D eigenvalue weighted by atomic mass is 9.81. The average Bonchev–Trinajstić information content (AvgIpc) is 3.11. The summed E-state index contributed by atoms with van der Waals surface area (Å²) in [4.78, 5) is 2.71. The van der Waals surface area contributed by atoms with Crippen LogP contribution in [0.5, 0.6) is 0 Å². The minimum absolute atomic E-state index is 0. The van der Waals surface area contributed by atoms with Gasteiger partial charge in [0.25, 0.3) is 0 Å². The van der Waals surface area contributed by atoms with E-state index in [1.165, 1.54) is 55.2 Å². The van der Waals surface area contributed by atoms with E-state index in [1.807, 2.05) is 0 Å². The molecule has 0 amide bonds. The van der Waals surface area contributed by atoms with Crippen LogP contribution in [0.25, 0.3) is 16.6 Å². The van der Waals surface area contributed by atoms with Crippen molar-refractivity contribution in [1.82, 2.24) is 20.0 Å². The van der Waals surface area contributed by atoms with Crippen LogP contribution >= 0.6 is 12.4 Å². The highest BCUT2D eigenvalue weighted by Crippen LogP contribution is 2.36. The summed E-state index contributed by atoms with van der Waals surface area (Å²) in [5.74, 6) is 0.683. The summed E-state index contributed by atoms with van der Waals surface area (Å²) in [6.45, 7) is 6.85. The van der Waals surface area contributed by atoms with Crippen LogP contribution in [0.3, 0.4) is 0 Å². The number of para-hydroxylation sites is 1. The number of rotatable bonds is 3. The fraction of sp³-hybridized carbons (Fsp3) is 0.458. The summed E-state index contributed by atoms with van der Waals surface area (Å²) in [5, 5.41) is 9.57. The van der Waals surface area contributed by atoms with Gasteiger partial charge in [-0.3, -0.25) is 4.90 Å². The van der Waals surface area contributed by atoms with E-state index in [2.05, 4.69) is 70.4 Å². The molecular weight excluding hydrogens is 380 g/mol. The van der Waals surface area contributed by atoms with E-state index in [9.17, 15) is 0 Å². The summed E-state index contributed by atoms with van der Waals surface area (Å²) in [7, 11) is 0. The molecule has 0 bridgehead atoms. The zero-order chi connectivity index (χ0) is 18.9. The number of fused-ring (bicyclic) bond motifs is 1. The Morgan fingerprint density at radius 1 is 0.931 bits per heavy atom. The van der Waals surface area contributed by atoms with E-state index in [0.717, 1.165) is 30.5 Å². The SMILES string of the molecule is Cc1nn(-c2ccccc2)c2cc(C3CCC(N4CCNCC4)CC3)ccc12.Cl. The fourth-order valence-corrected chi connectivity index (χ4v) is 5.13. The van der Waals surface area contributed by atoms with Gasteiger partial charge in [0.15, 0.2) is 0 Å². The third kappa shape index (κ3) is 4.07. The zero-order valence-corrected chi connectivity index (χ0v) is 18.0. The Kier molecular flexibility index (Phi) is 6.23. The molecule has 3 aromatic rings. The molecule has 1 aliphatic carbocycles. The van der Waals surface area contributed by atoms with E-state index >= 15 is 0 Å². The monoisotopic (exact) mass is 410 g/mol. The second kappa shape index (κ2) is 8.86. The smallest absolute Gasteiger partial charge is 0.0746 e. The van der Waals surface area contributed by atoms with Crippen LogP contribution < -0.4 is 5.32 Å². The average molecular weight is 411 g/mol. The molecule has 1 N–H and O–H groups in total. The van der Waals surface area contributed by atoms with E-state index in [1.54, 1.807) is 0 Å². The van der Waals surface area contributed by atoms with Gasteiger partial charge in [-0.1, -0.05) is 30.3 Å². The molecule has 1 aromatic heterocycles. The highest BCUT2D eigenvalue weighted by Gasteiger charge is 2.27. The van der Waals surface area contributed by atoms with Crippen molar-refractivity contribution in [3.05, 3.63) is 59.8 Å². The molecule has 0 spiro atoms. The van der Waals surface area contributed by atoms with E-state index < -0.39 is 0 Å². The first-order valence-electron chi connectivity index (χ1n) is 10.8. The maximum Gasteiger partial charge on any atom is 0.0746 e. The first-order valence-corrected chi connectivity index (χ1v) is 10.8. The van der Waals surface area contributed by atoms with Gasteiger partial charge in [0.2, 0.25) is 0 Å². The molecule has 0 atom stereocenters. The van der Waals surface area contributed by atoms with E-state index in [0.29, 0.717) is 5.92 Å². The molecule has 2 aliphatic rings. The van der Waals surface area contributed by atoms with Crippen LogP contribution in [-0.4, -0.2) is 46.9 Å². The number of piperazine rings is 1. The van der Waals surface area contributed by atoms with E-state index in [4.69, 9.17) is 5.10 Å². The highest BCUT2D eigenvalue weighted by molar-refractivity contribution is 5.85. The van der Waals surface area contributed by atoms with Crippen molar-refractivity contribution in [1.29, 1.82) is 0 Å². The molecule has 5 heteroatoms. The van der Waals surface area contributed by atoms with Crippen molar-refractivity contribution in [2.24, 2.45) is 0 Å².